The summed E-state index contributed by atoms with van der Waals surface area (Å²) in [6.07, 6.45) is 1.03. The Bertz CT molecular complexity index is 1330. The van der Waals surface area contributed by atoms with E-state index in [1.807, 2.05) is 12.1 Å². The quantitative estimate of drug-likeness (QED) is 0.461. The third kappa shape index (κ3) is 2.79. The molecule has 0 aromatic heterocycles. The number of carbonyl (C=O) groups excluding carboxylic acids is 2. The van der Waals surface area contributed by atoms with Crippen molar-refractivity contribution in [2.45, 2.75) is 38.0 Å². The van der Waals surface area contributed by atoms with Gasteiger partial charge in [-0.15, -0.1) is 0 Å². The van der Waals surface area contributed by atoms with Crippen LogP contribution >= 0.6 is 0 Å². The molecule has 2 amide bonds. The summed E-state index contributed by atoms with van der Waals surface area (Å²) in [7, 11) is 0. The maximum Gasteiger partial charge on any atom is 0.238 e. The van der Waals surface area contributed by atoms with Crippen LogP contribution in [0.3, 0.4) is 0 Å². The topological polar surface area (TPSA) is 85.1 Å². The minimum absolute atomic E-state index is 0.0562. The molecule has 172 valence electrons. The highest BCUT2D eigenvalue weighted by Gasteiger charge is 2.61. The second kappa shape index (κ2) is 7.60. The van der Waals surface area contributed by atoms with Gasteiger partial charge in [0, 0.05) is 24.0 Å². The number of rotatable bonds is 4. The van der Waals surface area contributed by atoms with Gasteiger partial charge in [-0.1, -0.05) is 62.4 Å². The molecule has 7 rings (SSSR count). The van der Waals surface area contributed by atoms with Crippen LogP contribution in [0.25, 0.3) is 0 Å². The monoisotopic (exact) mass is 454 g/mol. The number of nitrogens with one attached hydrogen (secondary N) is 1. The van der Waals surface area contributed by atoms with E-state index in [4.69, 9.17) is 0 Å². The molecule has 1 heterocycles. The van der Waals surface area contributed by atoms with Crippen molar-refractivity contribution in [3.63, 3.8) is 0 Å². The van der Waals surface area contributed by atoms with Crippen molar-refractivity contribution in [2.24, 2.45) is 11.8 Å². The van der Waals surface area contributed by atoms with E-state index in [9.17, 15) is 20.0 Å². The van der Waals surface area contributed by atoms with Crippen LogP contribution in [-0.2, 0) is 9.59 Å². The van der Waals surface area contributed by atoms with E-state index in [0.29, 0.717) is 11.6 Å². The minimum atomic E-state index is -1.09. The molecule has 2 N–H and O–H groups in total. The molecule has 2 bridgehead atoms. The van der Waals surface area contributed by atoms with Crippen LogP contribution in [0.5, 0.6) is 0 Å². The summed E-state index contributed by atoms with van der Waals surface area (Å²) in [4.78, 5) is 28.9. The molecule has 1 saturated heterocycles. The van der Waals surface area contributed by atoms with Crippen LogP contribution in [0, 0.1) is 17.0 Å². The number of amides is 2. The molecule has 1 unspecified atom stereocenters. The molecule has 3 aromatic rings. The normalized spacial score (nSPS) is 26.2. The van der Waals surface area contributed by atoms with Crippen molar-refractivity contribution in [3.05, 3.63) is 99.8 Å². The van der Waals surface area contributed by atoms with Gasteiger partial charge in [-0.25, -0.2) is 10.1 Å². The lowest BCUT2D eigenvalue weighted by molar-refractivity contribution is -0.991. The van der Waals surface area contributed by atoms with Crippen molar-refractivity contribution in [1.29, 1.82) is 0 Å². The summed E-state index contributed by atoms with van der Waals surface area (Å²) in [5.41, 5.74) is 6.19. The van der Waals surface area contributed by atoms with Crippen LogP contribution in [-0.4, -0.2) is 17.0 Å². The van der Waals surface area contributed by atoms with Crippen LogP contribution in [0.15, 0.2) is 66.7 Å². The minimum Gasteiger partial charge on any atom is -0.595 e. The molecular formula is C28H26N2O4. The van der Waals surface area contributed by atoms with E-state index in [-0.39, 0.29) is 29.3 Å². The highest BCUT2D eigenvalue weighted by Crippen LogP contribution is 2.61. The second-order valence-corrected chi connectivity index (χ2v) is 9.70. The van der Waals surface area contributed by atoms with Crippen molar-refractivity contribution in [1.82, 2.24) is 0 Å². The molecule has 0 spiro atoms. The molecule has 4 aliphatic rings. The lowest BCUT2D eigenvalue weighted by Crippen LogP contribution is -2.99. The number of anilines is 1. The number of hydrogen-bond donors (Lipinski definition) is 2. The standard InChI is InChI=1S/C28H26N2O4/c1-3-15(2)16-11-12-21-22(13-16)24-20-10-5-4-9-19(20)23(21)25-26(24)28(32)29(27(25)31)17-7-6-8-18(14-17)30(33)34/h4-15,23-26,30,33H,3H2,1-2H3/t15-,23+,24+,25+,26-/m1/s1. The highest BCUT2D eigenvalue weighted by molar-refractivity contribution is 6.23. The van der Waals surface area contributed by atoms with Gasteiger partial charge in [0.05, 0.1) is 17.5 Å². The second-order valence-electron chi connectivity index (χ2n) is 9.70. The van der Waals surface area contributed by atoms with E-state index in [1.165, 1.54) is 22.6 Å². The number of nitrogens with zero attached hydrogens (tertiary/aromatic N) is 1. The van der Waals surface area contributed by atoms with Gasteiger partial charge in [0.15, 0.2) is 5.69 Å². The predicted molar refractivity (Wildman–Crippen MR) is 127 cm³/mol. The van der Waals surface area contributed by atoms with Crippen molar-refractivity contribution in [3.8, 4) is 0 Å². The first kappa shape index (κ1) is 21.2. The zero-order chi connectivity index (χ0) is 23.7. The van der Waals surface area contributed by atoms with Gasteiger partial charge in [-0.2, -0.15) is 5.23 Å². The Morgan fingerprint density at radius 2 is 1.50 bits per heavy atom. The Morgan fingerprint density at radius 1 is 0.882 bits per heavy atom. The zero-order valence-electron chi connectivity index (χ0n) is 19.1. The molecule has 6 atom stereocenters. The molecule has 3 aliphatic carbocycles. The smallest absolute Gasteiger partial charge is 0.238 e. The van der Waals surface area contributed by atoms with Gasteiger partial charge in [0.1, 0.15) is 0 Å². The molecule has 6 heteroatoms. The number of carbonyl (C=O) groups is 2. The first-order chi connectivity index (χ1) is 16.4. The first-order valence-electron chi connectivity index (χ1n) is 11.9. The zero-order valence-corrected chi connectivity index (χ0v) is 19.1. The van der Waals surface area contributed by atoms with E-state index in [2.05, 4.69) is 44.2 Å². The summed E-state index contributed by atoms with van der Waals surface area (Å²) < 4.78 is 0. The summed E-state index contributed by atoms with van der Waals surface area (Å²) in [5.74, 6) is -1.40. The van der Waals surface area contributed by atoms with Gasteiger partial charge >= 0.3 is 0 Å². The summed E-state index contributed by atoms with van der Waals surface area (Å²) in [6.45, 7) is 4.38. The fourth-order valence-corrected chi connectivity index (χ4v) is 6.32. The van der Waals surface area contributed by atoms with Crippen LogP contribution < -0.4 is 10.1 Å². The average Bonchev–Trinajstić information content (AvgIpc) is 3.13. The van der Waals surface area contributed by atoms with Crippen molar-refractivity contribution >= 4 is 23.2 Å². The molecule has 1 fully saturated rings. The summed E-state index contributed by atoms with van der Waals surface area (Å²) in [6, 6.07) is 20.9. The average molecular weight is 455 g/mol. The lowest BCUT2D eigenvalue weighted by Gasteiger charge is -2.46. The Labute approximate surface area is 198 Å². The van der Waals surface area contributed by atoms with Gasteiger partial charge in [0.25, 0.3) is 0 Å². The molecule has 0 saturated carbocycles. The summed E-state index contributed by atoms with van der Waals surface area (Å²) >= 11 is 0. The lowest BCUT2D eigenvalue weighted by atomic mass is 9.54. The maximum absolute atomic E-state index is 13.9. The molecule has 34 heavy (non-hydrogen) atoms. The molecule has 0 radical (unpaired) electrons. The third-order valence-corrected chi connectivity index (χ3v) is 8.10. The number of imide groups is 1. The van der Waals surface area contributed by atoms with Gasteiger partial charge in [-0.3, -0.25) is 9.59 Å². The first-order valence-corrected chi connectivity index (χ1v) is 11.9. The fraction of sp³-hybridized carbons (Fsp3) is 0.286. The number of quaternary nitrogens is 1. The van der Waals surface area contributed by atoms with Crippen molar-refractivity contribution in [2.75, 3.05) is 4.90 Å². The van der Waals surface area contributed by atoms with Gasteiger partial charge < -0.3 is 5.21 Å². The van der Waals surface area contributed by atoms with Crippen LogP contribution in [0.2, 0.25) is 0 Å². The van der Waals surface area contributed by atoms with E-state index >= 15 is 0 Å². The SMILES string of the molecule is CC[C@@H](C)c1ccc2c(c1)[C@@H]1c3ccccc3[C@@H]2[C@@H]2C(=O)N(c3cccc([NH+]([O-])O)c3)C(=O)[C@H]12. The van der Waals surface area contributed by atoms with Gasteiger partial charge in [-0.05, 0) is 46.2 Å². The molecule has 1 aliphatic heterocycles. The Kier molecular flexibility index (Phi) is 4.74. The molecule has 6 nitrogen and oxygen atoms in total. The maximum atomic E-state index is 13.9. The molecule has 3 aromatic carbocycles. The fourth-order valence-electron chi connectivity index (χ4n) is 6.32. The van der Waals surface area contributed by atoms with E-state index in [1.54, 1.807) is 12.1 Å². The Hall–Kier alpha value is -3.32. The number of hydrogen-bond acceptors (Lipinski definition) is 4. The van der Waals surface area contributed by atoms with E-state index in [0.717, 1.165) is 28.7 Å². The molecular weight excluding hydrogens is 428 g/mol. The highest BCUT2D eigenvalue weighted by atomic mass is 16.8. The van der Waals surface area contributed by atoms with Crippen LogP contribution in [0.4, 0.5) is 11.4 Å². The van der Waals surface area contributed by atoms with Crippen LogP contribution in [0.1, 0.15) is 65.8 Å². The Balaban J connectivity index is 1.52. The van der Waals surface area contributed by atoms with E-state index < -0.39 is 17.1 Å². The Morgan fingerprint density at radius 3 is 2.12 bits per heavy atom. The van der Waals surface area contributed by atoms with Crippen molar-refractivity contribution < 1.29 is 20.0 Å². The predicted octanol–water partition coefficient (Wildman–Crippen LogP) is 4.00. The van der Waals surface area contributed by atoms with Gasteiger partial charge in [0.2, 0.25) is 11.8 Å². The summed E-state index contributed by atoms with van der Waals surface area (Å²) in [5, 5.41) is 19.9. The largest absolute Gasteiger partial charge is 0.595 e. The number of benzene rings is 3. The third-order valence-electron chi connectivity index (χ3n) is 8.10.